The molecular formula is C11H12N2O4. The Morgan fingerprint density at radius 1 is 1.59 bits per heavy atom. The molecule has 17 heavy (non-hydrogen) atoms. The highest BCUT2D eigenvalue weighted by Gasteiger charge is 2.19. The van der Waals surface area contributed by atoms with Crippen molar-refractivity contribution >= 4 is 11.5 Å². The summed E-state index contributed by atoms with van der Waals surface area (Å²) in [5.74, 6) is -0.170. The molecule has 0 fully saturated rings. The number of carboxylic acid groups (broad SMARTS) is 1. The van der Waals surface area contributed by atoms with Crippen LogP contribution < -0.4 is 4.74 Å². The summed E-state index contributed by atoms with van der Waals surface area (Å²) in [5.41, 5.74) is 0.344. The van der Waals surface area contributed by atoms with Gasteiger partial charge in [-0.2, -0.15) is 0 Å². The first kappa shape index (κ1) is 11.4. The summed E-state index contributed by atoms with van der Waals surface area (Å²) in [7, 11) is 1.47. The number of aromatic carboxylic acids is 1. The predicted molar refractivity (Wildman–Crippen MR) is 59.5 cm³/mol. The lowest BCUT2D eigenvalue weighted by Gasteiger charge is -2.04. The van der Waals surface area contributed by atoms with Crippen LogP contribution in [0.1, 0.15) is 16.3 Å². The van der Waals surface area contributed by atoms with Crippen LogP contribution in [0.3, 0.4) is 0 Å². The summed E-state index contributed by atoms with van der Waals surface area (Å²) in [6.07, 6.45) is 1.99. The van der Waals surface area contributed by atoms with Crippen molar-refractivity contribution in [1.29, 1.82) is 0 Å². The molecule has 0 saturated heterocycles. The maximum Gasteiger partial charge on any atom is 0.356 e. The van der Waals surface area contributed by atoms with Gasteiger partial charge in [-0.05, 0) is 12.1 Å². The van der Waals surface area contributed by atoms with E-state index >= 15 is 0 Å². The van der Waals surface area contributed by atoms with E-state index in [0.29, 0.717) is 23.5 Å². The van der Waals surface area contributed by atoms with Gasteiger partial charge in [0.25, 0.3) is 0 Å². The van der Waals surface area contributed by atoms with Gasteiger partial charge in [0.1, 0.15) is 17.1 Å². The summed E-state index contributed by atoms with van der Waals surface area (Å²) in [4.78, 5) is 15.1. The zero-order chi connectivity index (χ0) is 12.4. The normalized spacial score (nSPS) is 10.7. The first-order valence-electron chi connectivity index (χ1n) is 5.07. The van der Waals surface area contributed by atoms with Crippen molar-refractivity contribution in [2.24, 2.45) is 0 Å². The number of aliphatic hydroxyl groups excluding tert-OH is 1. The Balaban J connectivity index is 2.76. The van der Waals surface area contributed by atoms with Crippen LogP contribution >= 0.6 is 0 Å². The minimum atomic E-state index is -1.11. The third-order valence-corrected chi connectivity index (χ3v) is 2.46. The largest absolute Gasteiger partial charge is 0.494 e. The van der Waals surface area contributed by atoms with Gasteiger partial charge in [0.2, 0.25) is 0 Å². The van der Waals surface area contributed by atoms with Crippen LogP contribution in [0.4, 0.5) is 0 Å². The molecule has 2 aromatic heterocycles. The lowest BCUT2D eigenvalue weighted by molar-refractivity contribution is 0.0692. The van der Waals surface area contributed by atoms with Crippen LogP contribution in [0.5, 0.6) is 5.75 Å². The van der Waals surface area contributed by atoms with Crippen LogP contribution in [0, 0.1) is 0 Å². The molecule has 2 heterocycles. The Hall–Kier alpha value is -2.08. The average molecular weight is 236 g/mol. The van der Waals surface area contributed by atoms with Crippen molar-refractivity contribution in [2.45, 2.75) is 6.42 Å². The van der Waals surface area contributed by atoms with Crippen molar-refractivity contribution in [3.05, 3.63) is 29.8 Å². The van der Waals surface area contributed by atoms with E-state index in [0.717, 1.165) is 0 Å². The first-order chi connectivity index (χ1) is 8.19. The fourth-order valence-electron chi connectivity index (χ4n) is 1.76. The second-order valence-electron chi connectivity index (χ2n) is 3.45. The smallest absolute Gasteiger partial charge is 0.356 e. The quantitative estimate of drug-likeness (QED) is 0.811. The van der Waals surface area contributed by atoms with Gasteiger partial charge in [-0.25, -0.2) is 9.78 Å². The maximum atomic E-state index is 11.1. The van der Waals surface area contributed by atoms with E-state index in [4.69, 9.17) is 14.9 Å². The van der Waals surface area contributed by atoms with E-state index < -0.39 is 5.97 Å². The Bertz CT molecular complexity index is 562. The van der Waals surface area contributed by atoms with Gasteiger partial charge in [0.05, 0.1) is 13.7 Å². The highest BCUT2D eigenvalue weighted by molar-refractivity contribution is 5.95. The number of pyridine rings is 1. The lowest BCUT2D eigenvalue weighted by Crippen LogP contribution is -1.99. The van der Waals surface area contributed by atoms with Gasteiger partial charge >= 0.3 is 5.97 Å². The highest BCUT2D eigenvalue weighted by Crippen LogP contribution is 2.24. The maximum absolute atomic E-state index is 11.1. The molecule has 0 aromatic carbocycles. The van der Waals surface area contributed by atoms with E-state index in [1.807, 2.05) is 0 Å². The summed E-state index contributed by atoms with van der Waals surface area (Å²) >= 11 is 0. The number of carboxylic acids is 1. The molecule has 2 rings (SSSR count). The third kappa shape index (κ3) is 1.83. The highest BCUT2D eigenvalue weighted by atomic mass is 16.5. The second kappa shape index (κ2) is 4.42. The predicted octanol–water partition coefficient (Wildman–Crippen LogP) is 0.576. The zero-order valence-electron chi connectivity index (χ0n) is 9.25. The summed E-state index contributed by atoms with van der Waals surface area (Å²) in [6, 6.07) is 3.41. The number of hydrogen-bond donors (Lipinski definition) is 2. The summed E-state index contributed by atoms with van der Waals surface area (Å²) < 4.78 is 6.75. The number of hydrogen-bond acceptors (Lipinski definition) is 4. The number of methoxy groups -OCH3 is 1. The van der Waals surface area contributed by atoms with Crippen molar-refractivity contribution in [2.75, 3.05) is 13.7 Å². The average Bonchev–Trinajstić information content (AvgIpc) is 2.69. The Morgan fingerprint density at radius 3 is 2.94 bits per heavy atom. The van der Waals surface area contributed by atoms with Crippen LogP contribution in [0.2, 0.25) is 0 Å². The van der Waals surface area contributed by atoms with Crippen molar-refractivity contribution in [3.63, 3.8) is 0 Å². The molecule has 0 atom stereocenters. The fourth-order valence-corrected chi connectivity index (χ4v) is 1.76. The van der Waals surface area contributed by atoms with E-state index in [-0.39, 0.29) is 12.3 Å². The SMILES string of the molecule is COc1cccn2c(CCO)nc(C(=O)O)c12. The van der Waals surface area contributed by atoms with E-state index in [2.05, 4.69) is 4.98 Å². The number of ether oxygens (including phenoxy) is 1. The zero-order valence-corrected chi connectivity index (χ0v) is 9.25. The number of imidazole rings is 1. The minimum absolute atomic E-state index is 0.0640. The number of carbonyl (C=O) groups is 1. The molecule has 0 unspecified atom stereocenters. The molecule has 0 saturated carbocycles. The standard InChI is InChI=1S/C11H12N2O4/c1-17-7-3-2-5-13-8(4-6-14)12-9(10(7)13)11(15)16/h2-3,5,14H,4,6H2,1H3,(H,15,16). The molecule has 2 aromatic rings. The molecule has 0 radical (unpaired) electrons. The van der Waals surface area contributed by atoms with Gasteiger partial charge in [-0.1, -0.05) is 0 Å². The molecule has 6 heteroatoms. The van der Waals surface area contributed by atoms with E-state index in [1.165, 1.54) is 7.11 Å². The molecule has 0 aliphatic carbocycles. The number of aromatic nitrogens is 2. The number of fused-ring (bicyclic) bond motifs is 1. The molecular weight excluding hydrogens is 224 g/mol. The van der Waals surface area contributed by atoms with Gasteiger partial charge in [-0.3, -0.25) is 4.40 Å². The van der Waals surface area contributed by atoms with Gasteiger partial charge in [0.15, 0.2) is 5.69 Å². The monoisotopic (exact) mass is 236 g/mol. The van der Waals surface area contributed by atoms with Crippen LogP contribution in [-0.2, 0) is 6.42 Å². The molecule has 0 aliphatic rings. The second-order valence-corrected chi connectivity index (χ2v) is 3.45. The van der Waals surface area contributed by atoms with E-state index in [1.54, 1.807) is 22.7 Å². The molecule has 90 valence electrons. The Morgan fingerprint density at radius 2 is 2.35 bits per heavy atom. The number of aliphatic hydroxyl groups is 1. The van der Waals surface area contributed by atoms with Crippen molar-refractivity contribution < 1.29 is 19.7 Å². The number of nitrogens with zero attached hydrogens (tertiary/aromatic N) is 2. The molecule has 2 N–H and O–H groups in total. The topological polar surface area (TPSA) is 84.1 Å². The fraction of sp³-hybridized carbons (Fsp3) is 0.273. The van der Waals surface area contributed by atoms with Crippen LogP contribution in [-0.4, -0.2) is 39.3 Å². The van der Waals surface area contributed by atoms with Crippen molar-refractivity contribution in [1.82, 2.24) is 9.38 Å². The Labute approximate surface area is 97.1 Å². The number of rotatable bonds is 4. The minimum Gasteiger partial charge on any atom is -0.494 e. The molecule has 6 nitrogen and oxygen atoms in total. The molecule has 0 spiro atoms. The molecule has 0 aliphatic heterocycles. The van der Waals surface area contributed by atoms with Crippen LogP contribution in [0.15, 0.2) is 18.3 Å². The van der Waals surface area contributed by atoms with Gasteiger partial charge < -0.3 is 14.9 Å². The third-order valence-electron chi connectivity index (χ3n) is 2.46. The van der Waals surface area contributed by atoms with Gasteiger partial charge in [-0.15, -0.1) is 0 Å². The lowest BCUT2D eigenvalue weighted by atomic mass is 10.3. The Kier molecular flexibility index (Phi) is 2.97. The molecule has 0 amide bonds. The van der Waals surface area contributed by atoms with Crippen molar-refractivity contribution in [3.8, 4) is 5.75 Å². The molecule has 0 bridgehead atoms. The van der Waals surface area contributed by atoms with E-state index in [9.17, 15) is 4.79 Å². The van der Waals surface area contributed by atoms with Gasteiger partial charge in [0, 0.05) is 12.6 Å². The summed E-state index contributed by atoms with van der Waals surface area (Å²) in [5, 5.41) is 18.0. The van der Waals surface area contributed by atoms with Crippen LogP contribution in [0.25, 0.3) is 5.52 Å². The first-order valence-corrected chi connectivity index (χ1v) is 5.07. The summed E-state index contributed by atoms with van der Waals surface area (Å²) in [6.45, 7) is -0.0879.